The molecule has 30 heavy (non-hydrogen) atoms. The second-order valence-corrected chi connectivity index (χ2v) is 10.0. The van der Waals surface area contributed by atoms with E-state index < -0.39 is 0 Å². The van der Waals surface area contributed by atoms with Gasteiger partial charge in [-0.3, -0.25) is 4.79 Å². The van der Waals surface area contributed by atoms with E-state index in [1.165, 1.54) is 35.9 Å². The molecule has 1 N–H and O–H groups in total. The number of hydrogen-bond acceptors (Lipinski definition) is 5. The summed E-state index contributed by atoms with van der Waals surface area (Å²) in [7, 11) is 0. The maximum absolute atomic E-state index is 12.6. The van der Waals surface area contributed by atoms with Gasteiger partial charge in [0.2, 0.25) is 5.91 Å². The van der Waals surface area contributed by atoms with Crippen molar-refractivity contribution in [1.82, 2.24) is 14.8 Å². The number of aryl methyl sites for hydroxylation is 1. The van der Waals surface area contributed by atoms with Gasteiger partial charge in [-0.15, -0.1) is 21.5 Å². The molecule has 3 aromatic rings. The van der Waals surface area contributed by atoms with Gasteiger partial charge in [-0.25, -0.2) is 0 Å². The zero-order valence-electron chi connectivity index (χ0n) is 16.9. The van der Waals surface area contributed by atoms with Crippen molar-refractivity contribution >= 4 is 46.3 Å². The van der Waals surface area contributed by atoms with Crippen LogP contribution in [0.3, 0.4) is 0 Å². The molecule has 0 radical (unpaired) electrons. The van der Waals surface area contributed by atoms with Crippen LogP contribution in [-0.4, -0.2) is 26.4 Å². The summed E-state index contributed by atoms with van der Waals surface area (Å²) < 4.78 is 2.29. The molecule has 0 atom stereocenters. The Bertz CT molecular complexity index is 997. The zero-order chi connectivity index (χ0) is 20.9. The number of halogens is 1. The van der Waals surface area contributed by atoms with Gasteiger partial charge < -0.3 is 9.88 Å². The first-order valence-corrected chi connectivity index (χ1v) is 12.5. The topological polar surface area (TPSA) is 59.8 Å². The number of hydrogen-bond donors (Lipinski definition) is 1. The molecule has 0 bridgehead atoms. The molecule has 0 saturated heterocycles. The molecule has 0 spiro atoms. The van der Waals surface area contributed by atoms with Gasteiger partial charge in [0, 0.05) is 28.0 Å². The maximum Gasteiger partial charge on any atom is 0.234 e. The first-order valence-electron chi connectivity index (χ1n) is 10.2. The average molecular weight is 461 g/mol. The molecule has 8 heteroatoms. The number of benzene rings is 1. The molecule has 1 aliphatic rings. The predicted octanol–water partition coefficient (Wildman–Crippen LogP) is 6.13. The van der Waals surface area contributed by atoms with Crippen LogP contribution in [0.5, 0.6) is 0 Å². The lowest BCUT2D eigenvalue weighted by Crippen LogP contribution is -2.18. The molecular formula is C22H25ClN4OS2. The standard InChI is InChI=1S/C22H25ClN4OS2/c1-15-9-10-16(23)12-19(15)24-21(28)14-30-22-26-25-20(13-18-8-5-11-29-18)27(22)17-6-3-2-4-7-17/h5,8-12,17H,2-4,6-7,13-14H2,1H3,(H,24,28). The van der Waals surface area contributed by atoms with Gasteiger partial charge in [0.1, 0.15) is 5.82 Å². The summed E-state index contributed by atoms with van der Waals surface area (Å²) >= 11 is 9.26. The van der Waals surface area contributed by atoms with Crippen molar-refractivity contribution in [2.75, 3.05) is 11.1 Å². The fourth-order valence-electron chi connectivity index (χ4n) is 3.85. The van der Waals surface area contributed by atoms with Crippen LogP contribution < -0.4 is 5.32 Å². The highest BCUT2D eigenvalue weighted by Gasteiger charge is 2.24. The van der Waals surface area contributed by atoms with Gasteiger partial charge in [-0.05, 0) is 48.9 Å². The van der Waals surface area contributed by atoms with E-state index in [9.17, 15) is 4.79 Å². The molecule has 0 unspecified atom stereocenters. The van der Waals surface area contributed by atoms with Crippen molar-refractivity contribution in [1.29, 1.82) is 0 Å². The molecule has 5 nitrogen and oxygen atoms in total. The molecule has 4 rings (SSSR count). The molecule has 1 aliphatic carbocycles. The van der Waals surface area contributed by atoms with Crippen LogP contribution in [0.1, 0.15) is 54.4 Å². The molecule has 0 aliphatic heterocycles. The second kappa shape index (κ2) is 9.98. The Balaban J connectivity index is 1.48. The molecule has 158 valence electrons. The summed E-state index contributed by atoms with van der Waals surface area (Å²) in [6.45, 7) is 1.95. The highest BCUT2D eigenvalue weighted by Crippen LogP contribution is 2.33. The first-order chi connectivity index (χ1) is 14.6. The normalized spacial score (nSPS) is 14.7. The van der Waals surface area contributed by atoms with Crippen LogP contribution >= 0.6 is 34.7 Å². The minimum atomic E-state index is -0.0663. The summed E-state index contributed by atoms with van der Waals surface area (Å²) in [6, 6.07) is 10.1. The molecular weight excluding hydrogens is 436 g/mol. The highest BCUT2D eigenvalue weighted by molar-refractivity contribution is 7.99. The van der Waals surface area contributed by atoms with Gasteiger partial charge in [0.15, 0.2) is 5.16 Å². The number of anilines is 1. The Hall–Kier alpha value is -1.83. The minimum Gasteiger partial charge on any atom is -0.325 e. The molecule has 1 amide bonds. The third kappa shape index (κ3) is 5.25. The monoisotopic (exact) mass is 460 g/mol. The number of carbonyl (C=O) groups excluding carboxylic acids is 1. The van der Waals surface area contributed by atoms with E-state index in [-0.39, 0.29) is 11.7 Å². The van der Waals surface area contributed by atoms with E-state index in [4.69, 9.17) is 11.6 Å². The van der Waals surface area contributed by atoms with Crippen molar-refractivity contribution in [3.8, 4) is 0 Å². The van der Waals surface area contributed by atoms with Crippen LogP contribution in [0.25, 0.3) is 0 Å². The Kier molecular flexibility index (Phi) is 7.12. The summed E-state index contributed by atoms with van der Waals surface area (Å²) in [5.74, 6) is 1.22. The minimum absolute atomic E-state index is 0.0663. The van der Waals surface area contributed by atoms with Gasteiger partial charge in [-0.2, -0.15) is 0 Å². The first kappa shape index (κ1) is 21.4. The summed E-state index contributed by atoms with van der Waals surface area (Å²) in [4.78, 5) is 13.9. The number of thioether (sulfide) groups is 1. The molecule has 2 aromatic heterocycles. The van der Waals surface area contributed by atoms with Crippen LogP contribution in [0.15, 0.2) is 40.9 Å². The quantitative estimate of drug-likeness (QED) is 0.431. The molecule has 1 fully saturated rings. The Morgan fingerprint density at radius 2 is 2.10 bits per heavy atom. The van der Waals surface area contributed by atoms with Gasteiger partial charge >= 0.3 is 0 Å². The Morgan fingerprint density at radius 1 is 1.27 bits per heavy atom. The van der Waals surface area contributed by atoms with E-state index in [2.05, 4.69) is 37.6 Å². The van der Waals surface area contributed by atoms with Crippen molar-refractivity contribution in [3.05, 3.63) is 57.0 Å². The summed E-state index contributed by atoms with van der Waals surface area (Å²) in [5.41, 5.74) is 1.74. The number of rotatable bonds is 7. The largest absolute Gasteiger partial charge is 0.325 e. The highest BCUT2D eigenvalue weighted by atomic mass is 35.5. The fraction of sp³-hybridized carbons (Fsp3) is 0.409. The van der Waals surface area contributed by atoms with Crippen LogP contribution in [-0.2, 0) is 11.2 Å². The van der Waals surface area contributed by atoms with Crippen molar-refractivity contribution in [3.63, 3.8) is 0 Å². The zero-order valence-corrected chi connectivity index (χ0v) is 19.3. The maximum atomic E-state index is 12.6. The fourth-order valence-corrected chi connectivity index (χ4v) is 5.54. The van der Waals surface area contributed by atoms with E-state index in [0.717, 1.165) is 41.5 Å². The van der Waals surface area contributed by atoms with E-state index >= 15 is 0 Å². The van der Waals surface area contributed by atoms with Crippen molar-refractivity contribution in [2.24, 2.45) is 0 Å². The molecule has 2 heterocycles. The predicted molar refractivity (Wildman–Crippen MR) is 125 cm³/mol. The number of thiophene rings is 1. The lowest BCUT2D eigenvalue weighted by atomic mass is 9.95. The Morgan fingerprint density at radius 3 is 2.87 bits per heavy atom. The van der Waals surface area contributed by atoms with E-state index in [1.807, 2.05) is 19.1 Å². The van der Waals surface area contributed by atoms with Crippen LogP contribution in [0.2, 0.25) is 5.02 Å². The van der Waals surface area contributed by atoms with Gasteiger partial charge in [0.25, 0.3) is 0 Å². The van der Waals surface area contributed by atoms with Crippen molar-refractivity contribution < 1.29 is 4.79 Å². The number of amides is 1. The second-order valence-electron chi connectivity index (χ2n) is 7.61. The smallest absolute Gasteiger partial charge is 0.234 e. The van der Waals surface area contributed by atoms with Gasteiger partial charge in [0.05, 0.1) is 5.75 Å². The van der Waals surface area contributed by atoms with E-state index in [1.54, 1.807) is 17.4 Å². The van der Waals surface area contributed by atoms with Crippen LogP contribution in [0, 0.1) is 6.92 Å². The molecule has 1 aromatic carbocycles. The number of aromatic nitrogens is 3. The van der Waals surface area contributed by atoms with Crippen LogP contribution in [0.4, 0.5) is 5.69 Å². The van der Waals surface area contributed by atoms with Gasteiger partial charge in [-0.1, -0.05) is 54.8 Å². The lowest BCUT2D eigenvalue weighted by molar-refractivity contribution is -0.113. The van der Waals surface area contributed by atoms with Crippen molar-refractivity contribution in [2.45, 2.75) is 56.6 Å². The number of nitrogens with one attached hydrogen (secondary N) is 1. The molecule has 1 saturated carbocycles. The Labute approximate surface area is 190 Å². The SMILES string of the molecule is Cc1ccc(Cl)cc1NC(=O)CSc1nnc(Cc2cccs2)n1C1CCCCC1. The van der Waals surface area contributed by atoms with E-state index in [0.29, 0.717) is 11.1 Å². The third-order valence-electron chi connectivity index (χ3n) is 5.39. The summed E-state index contributed by atoms with van der Waals surface area (Å²) in [6.07, 6.45) is 6.85. The number of nitrogens with zero attached hydrogens (tertiary/aromatic N) is 3. The summed E-state index contributed by atoms with van der Waals surface area (Å²) in [5, 5.41) is 15.5. The third-order valence-corrected chi connectivity index (χ3v) is 7.45. The lowest BCUT2D eigenvalue weighted by Gasteiger charge is -2.25. The average Bonchev–Trinajstić information content (AvgIpc) is 3.40. The number of carbonyl (C=O) groups is 1.